The number of hydrogen-bond donors (Lipinski definition) is 2. The summed E-state index contributed by atoms with van der Waals surface area (Å²) in [6.45, 7) is 8.00. The van der Waals surface area contributed by atoms with Gasteiger partial charge in [-0.2, -0.15) is 0 Å². The van der Waals surface area contributed by atoms with Gasteiger partial charge in [0.05, 0.1) is 20.8 Å². The van der Waals surface area contributed by atoms with E-state index >= 15 is 0 Å². The third-order valence-electron chi connectivity index (χ3n) is 3.64. The number of benzene rings is 1. The van der Waals surface area contributed by atoms with E-state index in [1.54, 1.807) is 14.2 Å². The van der Waals surface area contributed by atoms with Gasteiger partial charge in [-0.1, -0.05) is 25.5 Å². The van der Waals surface area contributed by atoms with Crippen molar-refractivity contribution >= 4 is 5.96 Å². The van der Waals surface area contributed by atoms with E-state index in [1.165, 1.54) is 6.42 Å². The maximum Gasteiger partial charge on any atom is 0.191 e. The van der Waals surface area contributed by atoms with Crippen LogP contribution in [0.15, 0.2) is 23.2 Å². The summed E-state index contributed by atoms with van der Waals surface area (Å²) >= 11 is 0. The Kier molecular flexibility index (Phi) is 11.3. The summed E-state index contributed by atoms with van der Waals surface area (Å²) in [4.78, 5) is 4.63. The molecule has 0 aliphatic carbocycles. The minimum absolute atomic E-state index is 0.517. The van der Waals surface area contributed by atoms with Crippen LogP contribution in [0.2, 0.25) is 0 Å². The molecular formula is C19H33N3O3. The van der Waals surface area contributed by atoms with Gasteiger partial charge in [-0.15, -0.1) is 0 Å². The Morgan fingerprint density at radius 1 is 1.04 bits per heavy atom. The summed E-state index contributed by atoms with van der Waals surface area (Å²) < 4.78 is 16.4. The molecule has 1 rings (SSSR count). The van der Waals surface area contributed by atoms with E-state index < -0.39 is 0 Å². The van der Waals surface area contributed by atoms with Crippen LogP contribution in [0.4, 0.5) is 0 Å². The molecule has 142 valence electrons. The van der Waals surface area contributed by atoms with Crippen LogP contribution in [0.1, 0.15) is 38.7 Å². The molecule has 0 spiro atoms. The van der Waals surface area contributed by atoms with Crippen molar-refractivity contribution < 1.29 is 14.2 Å². The normalized spacial score (nSPS) is 11.3. The predicted octanol–water partition coefficient (Wildman–Crippen LogP) is 2.97. The third kappa shape index (κ3) is 8.12. The molecule has 6 nitrogen and oxygen atoms in total. The number of ether oxygens (including phenoxy) is 3. The van der Waals surface area contributed by atoms with Crippen molar-refractivity contribution in [1.82, 2.24) is 10.6 Å². The summed E-state index contributed by atoms with van der Waals surface area (Å²) in [5.74, 6) is 2.24. The fourth-order valence-corrected chi connectivity index (χ4v) is 2.31. The van der Waals surface area contributed by atoms with Crippen molar-refractivity contribution in [2.75, 3.05) is 40.5 Å². The van der Waals surface area contributed by atoms with Gasteiger partial charge in [0.25, 0.3) is 0 Å². The second-order valence-electron chi connectivity index (χ2n) is 5.59. The van der Waals surface area contributed by atoms with Crippen LogP contribution in [0.5, 0.6) is 11.5 Å². The predicted molar refractivity (Wildman–Crippen MR) is 103 cm³/mol. The smallest absolute Gasteiger partial charge is 0.191 e. The minimum atomic E-state index is 0.517. The number of aliphatic imine (C=N–C) groups is 1. The molecule has 6 heteroatoms. The molecule has 0 amide bonds. The first-order chi connectivity index (χ1) is 12.3. The van der Waals surface area contributed by atoms with Gasteiger partial charge in [0.2, 0.25) is 0 Å². The van der Waals surface area contributed by atoms with Gasteiger partial charge < -0.3 is 24.8 Å². The number of nitrogens with zero attached hydrogens (tertiary/aromatic N) is 1. The highest BCUT2D eigenvalue weighted by molar-refractivity contribution is 5.79. The number of methoxy groups -OCH3 is 2. The molecule has 0 saturated carbocycles. The first kappa shape index (κ1) is 21.1. The van der Waals surface area contributed by atoms with Gasteiger partial charge >= 0.3 is 0 Å². The van der Waals surface area contributed by atoms with Gasteiger partial charge in [0, 0.05) is 31.9 Å². The van der Waals surface area contributed by atoms with Crippen molar-refractivity contribution in [3.05, 3.63) is 23.8 Å². The zero-order valence-electron chi connectivity index (χ0n) is 16.1. The summed E-state index contributed by atoms with van der Waals surface area (Å²) in [5, 5.41) is 6.59. The summed E-state index contributed by atoms with van der Waals surface area (Å²) in [7, 11) is 3.28. The van der Waals surface area contributed by atoms with Gasteiger partial charge in [-0.3, -0.25) is 0 Å². The maximum atomic E-state index is 5.57. The molecule has 0 fully saturated rings. The molecule has 0 bridgehead atoms. The van der Waals surface area contributed by atoms with Crippen molar-refractivity contribution in [3.63, 3.8) is 0 Å². The van der Waals surface area contributed by atoms with E-state index in [0.29, 0.717) is 6.54 Å². The average molecular weight is 351 g/mol. The lowest BCUT2D eigenvalue weighted by atomic mass is 10.2. The van der Waals surface area contributed by atoms with E-state index in [0.717, 1.165) is 62.2 Å². The van der Waals surface area contributed by atoms with Crippen LogP contribution in [0, 0.1) is 0 Å². The molecular weight excluding hydrogens is 318 g/mol. The number of hydrogen-bond acceptors (Lipinski definition) is 4. The molecule has 1 aromatic rings. The fraction of sp³-hybridized carbons (Fsp3) is 0.632. The van der Waals surface area contributed by atoms with Crippen LogP contribution in [0.3, 0.4) is 0 Å². The second kappa shape index (κ2) is 13.4. The van der Waals surface area contributed by atoms with E-state index in [-0.39, 0.29) is 0 Å². The average Bonchev–Trinajstić information content (AvgIpc) is 2.64. The first-order valence-corrected chi connectivity index (χ1v) is 9.06. The molecule has 2 N–H and O–H groups in total. The van der Waals surface area contributed by atoms with Crippen LogP contribution in [-0.4, -0.2) is 46.5 Å². The Balaban J connectivity index is 2.52. The Bertz CT molecular complexity index is 507. The maximum absolute atomic E-state index is 5.57. The van der Waals surface area contributed by atoms with Gasteiger partial charge in [0.15, 0.2) is 17.5 Å². The summed E-state index contributed by atoms with van der Waals surface area (Å²) in [6, 6.07) is 5.82. The lowest BCUT2D eigenvalue weighted by molar-refractivity contribution is 0.129. The van der Waals surface area contributed by atoms with Crippen LogP contribution >= 0.6 is 0 Å². The second-order valence-corrected chi connectivity index (χ2v) is 5.59. The molecule has 0 unspecified atom stereocenters. The zero-order valence-corrected chi connectivity index (χ0v) is 16.1. The SMILES string of the molecule is CCCCOCCCNC(=NCc1cccc(OC)c1OC)NCC. The molecule has 0 aromatic heterocycles. The minimum Gasteiger partial charge on any atom is -0.493 e. The van der Waals surface area contributed by atoms with Gasteiger partial charge in [0.1, 0.15) is 0 Å². The first-order valence-electron chi connectivity index (χ1n) is 9.06. The number of rotatable bonds is 12. The third-order valence-corrected chi connectivity index (χ3v) is 3.64. The van der Waals surface area contributed by atoms with Crippen LogP contribution < -0.4 is 20.1 Å². The number of guanidine groups is 1. The molecule has 0 aliphatic rings. The Labute approximate surface area is 152 Å². The molecule has 0 atom stereocenters. The van der Waals surface area contributed by atoms with Crippen molar-refractivity contribution in [3.8, 4) is 11.5 Å². The molecule has 0 aliphatic heterocycles. The summed E-state index contributed by atoms with van der Waals surface area (Å²) in [5.41, 5.74) is 0.988. The van der Waals surface area contributed by atoms with E-state index in [1.807, 2.05) is 18.2 Å². The Morgan fingerprint density at radius 3 is 2.52 bits per heavy atom. The highest BCUT2D eigenvalue weighted by Crippen LogP contribution is 2.30. The van der Waals surface area contributed by atoms with Gasteiger partial charge in [-0.05, 0) is 25.8 Å². The van der Waals surface area contributed by atoms with Crippen molar-refractivity contribution in [2.45, 2.75) is 39.7 Å². The standard InChI is InChI=1S/C19H33N3O3/c1-5-7-13-25-14-9-12-21-19(20-6-2)22-15-16-10-8-11-17(23-3)18(16)24-4/h8,10-11H,5-7,9,12-15H2,1-4H3,(H2,20,21,22). The van der Waals surface area contributed by atoms with Crippen LogP contribution in [-0.2, 0) is 11.3 Å². The van der Waals surface area contributed by atoms with Crippen LogP contribution in [0.25, 0.3) is 0 Å². The van der Waals surface area contributed by atoms with E-state index in [9.17, 15) is 0 Å². The largest absolute Gasteiger partial charge is 0.493 e. The highest BCUT2D eigenvalue weighted by Gasteiger charge is 2.09. The highest BCUT2D eigenvalue weighted by atomic mass is 16.5. The van der Waals surface area contributed by atoms with Gasteiger partial charge in [-0.25, -0.2) is 4.99 Å². The molecule has 0 heterocycles. The zero-order chi connectivity index (χ0) is 18.3. The Hall–Kier alpha value is -1.95. The lowest BCUT2D eigenvalue weighted by Crippen LogP contribution is -2.38. The topological polar surface area (TPSA) is 64.1 Å². The summed E-state index contributed by atoms with van der Waals surface area (Å²) in [6.07, 6.45) is 3.25. The lowest BCUT2D eigenvalue weighted by Gasteiger charge is -2.13. The van der Waals surface area contributed by atoms with Crippen molar-refractivity contribution in [2.24, 2.45) is 4.99 Å². The van der Waals surface area contributed by atoms with E-state index in [2.05, 4.69) is 29.5 Å². The number of unbranched alkanes of at least 4 members (excludes halogenated alkanes) is 1. The van der Waals surface area contributed by atoms with E-state index in [4.69, 9.17) is 14.2 Å². The molecule has 0 saturated heterocycles. The molecule has 1 aromatic carbocycles. The molecule has 25 heavy (non-hydrogen) atoms. The molecule has 0 radical (unpaired) electrons. The Morgan fingerprint density at radius 2 is 1.84 bits per heavy atom. The number of para-hydroxylation sites is 1. The monoisotopic (exact) mass is 351 g/mol. The quantitative estimate of drug-likeness (QED) is 0.344. The van der Waals surface area contributed by atoms with Crippen molar-refractivity contribution in [1.29, 1.82) is 0 Å². The fourth-order valence-electron chi connectivity index (χ4n) is 2.31. The number of nitrogens with one attached hydrogen (secondary N) is 2.